The van der Waals surface area contributed by atoms with E-state index in [9.17, 15) is 8.78 Å². The third-order valence-corrected chi connectivity index (χ3v) is 2.38. The van der Waals surface area contributed by atoms with Crippen LogP contribution in [-0.4, -0.2) is 18.6 Å². The van der Waals surface area contributed by atoms with Crippen LogP contribution in [0.4, 0.5) is 14.5 Å². The first kappa shape index (κ1) is 9.96. The molecule has 0 spiro atoms. The van der Waals surface area contributed by atoms with E-state index in [4.69, 9.17) is 0 Å². The molecule has 0 bridgehead atoms. The molecule has 0 fully saturated rings. The Morgan fingerprint density at radius 3 is 2.47 bits per heavy atom. The summed E-state index contributed by atoms with van der Waals surface area (Å²) >= 11 is 0. The lowest BCUT2D eigenvalue weighted by Gasteiger charge is -2.20. The van der Waals surface area contributed by atoms with Crippen molar-refractivity contribution in [1.29, 1.82) is 0 Å². The molecule has 0 aliphatic carbocycles. The molecule has 1 aromatic rings. The molecule has 0 unspecified atom stereocenters. The molecule has 0 saturated carbocycles. The van der Waals surface area contributed by atoms with Gasteiger partial charge in [-0.3, -0.25) is 0 Å². The highest BCUT2D eigenvalue weighted by Crippen LogP contribution is 2.27. The summed E-state index contributed by atoms with van der Waals surface area (Å²) in [4.78, 5) is 3.67. The molecular formula is C11H12F2N2. The molecule has 0 aromatic heterocycles. The molecule has 1 aliphatic rings. The van der Waals surface area contributed by atoms with Gasteiger partial charge in [-0.2, -0.15) is 0 Å². The third-order valence-electron chi connectivity index (χ3n) is 2.38. The Morgan fingerprint density at radius 1 is 1.20 bits per heavy atom. The molecule has 1 aliphatic heterocycles. The number of anilines is 1. The van der Waals surface area contributed by atoms with Gasteiger partial charge in [0.2, 0.25) is 0 Å². The van der Waals surface area contributed by atoms with E-state index in [1.807, 2.05) is 18.1 Å². The number of halogens is 2. The molecule has 0 atom stereocenters. The van der Waals surface area contributed by atoms with Gasteiger partial charge in [0.1, 0.15) is 11.6 Å². The Hall–Kier alpha value is -1.58. The average molecular weight is 210 g/mol. The van der Waals surface area contributed by atoms with Crippen molar-refractivity contribution in [3.8, 4) is 0 Å². The number of hydrogen-bond donors (Lipinski definition) is 0. The number of hydrogen-bond acceptors (Lipinski definition) is 2. The van der Waals surface area contributed by atoms with E-state index in [1.54, 1.807) is 18.0 Å². The van der Waals surface area contributed by atoms with Crippen molar-refractivity contribution in [3.05, 3.63) is 41.7 Å². The second-order valence-corrected chi connectivity index (χ2v) is 3.72. The molecule has 1 heterocycles. The van der Waals surface area contributed by atoms with Crippen LogP contribution >= 0.6 is 0 Å². The third kappa shape index (κ3) is 1.79. The van der Waals surface area contributed by atoms with Crippen LogP contribution < -0.4 is 4.90 Å². The van der Waals surface area contributed by atoms with Crippen molar-refractivity contribution in [2.45, 2.75) is 6.92 Å². The van der Waals surface area contributed by atoms with Gasteiger partial charge in [0.15, 0.2) is 0 Å². The van der Waals surface area contributed by atoms with Gasteiger partial charge in [-0.15, -0.1) is 0 Å². The highest BCUT2D eigenvalue weighted by atomic mass is 19.1. The maximum absolute atomic E-state index is 13.6. The minimum atomic E-state index is -0.537. The van der Waals surface area contributed by atoms with Gasteiger partial charge >= 0.3 is 0 Å². The highest BCUT2D eigenvalue weighted by Gasteiger charge is 2.17. The van der Waals surface area contributed by atoms with Crippen LogP contribution in [-0.2, 0) is 0 Å². The fourth-order valence-electron chi connectivity index (χ4n) is 1.73. The lowest BCUT2D eigenvalue weighted by molar-refractivity contribution is 0.491. The molecule has 0 amide bonds. The van der Waals surface area contributed by atoms with Crippen molar-refractivity contribution in [1.82, 2.24) is 4.90 Å². The molecule has 4 heteroatoms. The Morgan fingerprint density at radius 2 is 1.93 bits per heavy atom. The zero-order chi connectivity index (χ0) is 11.0. The summed E-state index contributed by atoms with van der Waals surface area (Å²) < 4.78 is 26.4. The summed E-state index contributed by atoms with van der Waals surface area (Å²) in [6.07, 6.45) is 3.63. The largest absolute Gasteiger partial charge is 0.361 e. The monoisotopic (exact) mass is 210 g/mol. The Bertz CT molecular complexity index is 392. The average Bonchev–Trinajstić information content (AvgIpc) is 2.49. The van der Waals surface area contributed by atoms with Crippen molar-refractivity contribution < 1.29 is 8.78 Å². The van der Waals surface area contributed by atoms with E-state index < -0.39 is 11.6 Å². The molecule has 2 rings (SSSR count). The molecule has 0 saturated heterocycles. The minimum Gasteiger partial charge on any atom is -0.361 e. The van der Waals surface area contributed by atoms with E-state index in [2.05, 4.69) is 0 Å². The van der Waals surface area contributed by atoms with Gasteiger partial charge in [-0.25, -0.2) is 8.78 Å². The molecular weight excluding hydrogens is 198 g/mol. The smallest absolute Gasteiger partial charge is 0.150 e. The fourth-order valence-corrected chi connectivity index (χ4v) is 1.73. The zero-order valence-corrected chi connectivity index (χ0v) is 8.67. The molecule has 15 heavy (non-hydrogen) atoms. The SMILES string of the molecule is Cc1cc(F)cc(F)c1N1C=CN(C)C1. The molecule has 2 nitrogen and oxygen atoms in total. The molecule has 0 N–H and O–H groups in total. The standard InChI is InChI=1S/C11H12F2N2/c1-8-5-9(12)6-10(13)11(8)15-4-3-14(2)7-15/h3-6H,7H2,1-2H3. The van der Waals surface area contributed by atoms with Crippen LogP contribution in [0.5, 0.6) is 0 Å². The van der Waals surface area contributed by atoms with Crippen LogP contribution in [0.1, 0.15) is 5.56 Å². The van der Waals surface area contributed by atoms with Crippen molar-refractivity contribution >= 4 is 5.69 Å². The topological polar surface area (TPSA) is 6.48 Å². The van der Waals surface area contributed by atoms with Gasteiger partial charge in [0, 0.05) is 25.5 Å². The predicted molar refractivity (Wildman–Crippen MR) is 55.3 cm³/mol. The Labute approximate surface area is 87.4 Å². The second kappa shape index (κ2) is 3.53. The summed E-state index contributed by atoms with van der Waals surface area (Å²) in [5.74, 6) is -1.06. The van der Waals surface area contributed by atoms with Gasteiger partial charge in [0.25, 0.3) is 0 Å². The first-order chi connectivity index (χ1) is 7.08. The van der Waals surface area contributed by atoms with E-state index >= 15 is 0 Å². The van der Waals surface area contributed by atoms with E-state index in [0.29, 0.717) is 17.9 Å². The molecule has 1 aromatic carbocycles. The Balaban J connectivity index is 2.40. The first-order valence-corrected chi connectivity index (χ1v) is 4.69. The van der Waals surface area contributed by atoms with E-state index in [1.165, 1.54) is 6.07 Å². The lowest BCUT2D eigenvalue weighted by atomic mass is 10.1. The minimum absolute atomic E-state index is 0.442. The molecule has 0 radical (unpaired) electrons. The Kier molecular flexibility index (Phi) is 2.34. The van der Waals surface area contributed by atoms with E-state index in [0.717, 1.165) is 6.07 Å². The normalized spacial score (nSPS) is 15.2. The number of aryl methyl sites for hydroxylation is 1. The summed E-state index contributed by atoms with van der Waals surface area (Å²) in [6.45, 7) is 2.29. The van der Waals surface area contributed by atoms with Crippen molar-refractivity contribution in [3.63, 3.8) is 0 Å². The number of nitrogens with zero attached hydrogens (tertiary/aromatic N) is 2. The summed E-state index contributed by atoms with van der Waals surface area (Å²) in [5.41, 5.74) is 1.05. The lowest BCUT2D eigenvalue weighted by Crippen LogP contribution is -2.23. The fraction of sp³-hybridized carbons (Fsp3) is 0.273. The van der Waals surface area contributed by atoms with Gasteiger partial charge in [-0.1, -0.05) is 0 Å². The summed E-state index contributed by atoms with van der Waals surface area (Å²) in [7, 11) is 1.90. The van der Waals surface area contributed by atoms with Crippen LogP contribution in [0.15, 0.2) is 24.5 Å². The summed E-state index contributed by atoms with van der Waals surface area (Å²) in [5, 5.41) is 0. The number of benzene rings is 1. The first-order valence-electron chi connectivity index (χ1n) is 4.69. The van der Waals surface area contributed by atoms with Gasteiger partial charge in [0.05, 0.1) is 12.4 Å². The maximum atomic E-state index is 13.6. The quantitative estimate of drug-likeness (QED) is 0.702. The van der Waals surface area contributed by atoms with Gasteiger partial charge < -0.3 is 9.80 Å². The van der Waals surface area contributed by atoms with Gasteiger partial charge in [-0.05, 0) is 18.6 Å². The molecule has 80 valence electrons. The predicted octanol–water partition coefficient (Wildman–Crippen LogP) is 2.45. The number of rotatable bonds is 1. The summed E-state index contributed by atoms with van der Waals surface area (Å²) in [6, 6.07) is 2.25. The zero-order valence-electron chi connectivity index (χ0n) is 8.67. The maximum Gasteiger partial charge on any atom is 0.150 e. The van der Waals surface area contributed by atoms with Crippen molar-refractivity contribution in [2.75, 3.05) is 18.6 Å². The highest BCUT2D eigenvalue weighted by molar-refractivity contribution is 5.57. The van der Waals surface area contributed by atoms with Crippen LogP contribution in [0, 0.1) is 18.6 Å². The van der Waals surface area contributed by atoms with Crippen LogP contribution in [0.25, 0.3) is 0 Å². The van der Waals surface area contributed by atoms with Crippen LogP contribution in [0.3, 0.4) is 0 Å². The van der Waals surface area contributed by atoms with E-state index in [-0.39, 0.29) is 0 Å². The van der Waals surface area contributed by atoms with Crippen molar-refractivity contribution in [2.24, 2.45) is 0 Å². The van der Waals surface area contributed by atoms with Crippen LogP contribution in [0.2, 0.25) is 0 Å². The second-order valence-electron chi connectivity index (χ2n) is 3.72.